The topological polar surface area (TPSA) is 78.4 Å². The van der Waals surface area contributed by atoms with Gasteiger partial charge in [0.05, 0.1) is 5.69 Å². The molecule has 0 atom stereocenters. The van der Waals surface area contributed by atoms with Gasteiger partial charge < -0.3 is 10.6 Å². The Bertz CT molecular complexity index is 1310. The maximum Gasteiger partial charge on any atom is 0.297 e. The molecule has 0 amide bonds. The van der Waals surface area contributed by atoms with Gasteiger partial charge in [0.2, 0.25) is 0 Å². The second-order valence-corrected chi connectivity index (χ2v) is 8.69. The van der Waals surface area contributed by atoms with Gasteiger partial charge in [-0.2, -0.15) is 8.42 Å². The highest BCUT2D eigenvalue weighted by Crippen LogP contribution is 2.34. The zero-order chi connectivity index (χ0) is 21.3. The van der Waals surface area contributed by atoms with E-state index >= 15 is 0 Å². The van der Waals surface area contributed by atoms with Gasteiger partial charge >= 0.3 is 0 Å². The maximum absolute atomic E-state index is 12.2. The Labute approximate surface area is 176 Å². The molecule has 0 aliphatic rings. The van der Waals surface area contributed by atoms with E-state index in [9.17, 15) is 13.0 Å². The summed E-state index contributed by atoms with van der Waals surface area (Å²) in [5, 5.41) is 7.57. The average molecular weight is 419 g/mol. The fourth-order valence-corrected chi connectivity index (χ4v) is 4.21. The van der Waals surface area contributed by atoms with E-state index in [1.807, 2.05) is 74.5 Å². The number of nitrogens with one attached hydrogen (secondary N) is 2. The van der Waals surface area contributed by atoms with Gasteiger partial charge in [-0.15, -0.1) is 0 Å². The summed E-state index contributed by atoms with van der Waals surface area (Å²) in [5.74, 6) is 0. The van der Waals surface area contributed by atoms with Gasteiger partial charge in [0.1, 0.15) is 4.90 Å². The Kier molecular flexibility index (Phi) is 5.20. The number of hydrogen-bond acceptors (Lipinski definition) is 4. The summed E-state index contributed by atoms with van der Waals surface area (Å²) < 4.78 is 34.4. The van der Waals surface area contributed by atoms with E-state index in [1.165, 1.54) is 5.56 Å². The summed E-state index contributed by atoms with van der Waals surface area (Å²) in [7, 11) is -4.45. The fourth-order valence-electron chi connectivity index (χ4n) is 3.35. The van der Waals surface area contributed by atoms with Crippen molar-refractivity contribution in [2.45, 2.75) is 18.7 Å². The van der Waals surface area contributed by atoms with Crippen molar-refractivity contribution in [2.75, 3.05) is 10.6 Å². The summed E-state index contributed by atoms with van der Waals surface area (Å²) in [5.41, 5.74) is 5.10. The molecule has 0 saturated heterocycles. The molecule has 5 nitrogen and oxygen atoms in total. The minimum absolute atomic E-state index is 0.137. The molecule has 6 heteroatoms. The lowest BCUT2D eigenvalue weighted by Crippen LogP contribution is -2.05. The molecule has 0 aromatic heterocycles. The number of fused-ring (bicyclic) bond motifs is 1. The van der Waals surface area contributed by atoms with E-state index in [4.69, 9.17) is 0 Å². The van der Waals surface area contributed by atoms with Gasteiger partial charge in [0.15, 0.2) is 0 Å². The Hall–Kier alpha value is -3.35. The van der Waals surface area contributed by atoms with Crippen molar-refractivity contribution in [1.82, 2.24) is 0 Å². The van der Waals surface area contributed by atoms with Gasteiger partial charge in [0, 0.05) is 22.4 Å². The molecule has 0 heterocycles. The van der Waals surface area contributed by atoms with E-state index in [-0.39, 0.29) is 4.90 Å². The van der Waals surface area contributed by atoms with Gasteiger partial charge in [-0.1, -0.05) is 47.5 Å². The zero-order valence-electron chi connectivity index (χ0n) is 16.7. The van der Waals surface area contributed by atoms with E-state index in [0.717, 1.165) is 22.6 Å². The molecule has 0 fully saturated rings. The predicted octanol–water partition coefficient (Wildman–Crippen LogP) is 6.19. The summed E-state index contributed by atoms with van der Waals surface area (Å²) in [6.07, 6.45) is 0. The lowest BCUT2D eigenvalue weighted by atomic mass is 10.1. The summed E-state index contributed by atoms with van der Waals surface area (Å²) >= 11 is 0. The minimum Gasteiger partial charge on any atom is -0.356 e. The standard InChI is InChI=1S/C24H22N2O3S/c1-16-3-8-19(9-4-16)25-21-12-13-22-18(15-21)7-14-23(24(22)30(27,28)29)26-20-10-5-17(2)6-11-20/h3-15,25-26H,1-2H3,(H,27,28,29). The third-order valence-electron chi connectivity index (χ3n) is 4.90. The molecule has 0 aliphatic heterocycles. The molecule has 3 N–H and O–H groups in total. The van der Waals surface area contributed by atoms with E-state index in [0.29, 0.717) is 16.5 Å². The van der Waals surface area contributed by atoms with Crippen LogP contribution in [0.1, 0.15) is 11.1 Å². The lowest BCUT2D eigenvalue weighted by molar-refractivity contribution is 0.484. The molecule has 0 radical (unpaired) electrons. The van der Waals surface area contributed by atoms with Gasteiger partial charge in [0.25, 0.3) is 10.1 Å². The largest absolute Gasteiger partial charge is 0.356 e. The zero-order valence-corrected chi connectivity index (χ0v) is 17.5. The molecule has 30 heavy (non-hydrogen) atoms. The van der Waals surface area contributed by atoms with Crippen LogP contribution in [0.5, 0.6) is 0 Å². The predicted molar refractivity (Wildman–Crippen MR) is 123 cm³/mol. The molecule has 0 bridgehead atoms. The van der Waals surface area contributed by atoms with Gasteiger partial charge in [-0.25, -0.2) is 0 Å². The van der Waals surface area contributed by atoms with Gasteiger partial charge in [-0.05, 0) is 61.7 Å². The van der Waals surface area contributed by atoms with Crippen molar-refractivity contribution in [3.05, 3.63) is 90.0 Å². The number of rotatable bonds is 5. The third-order valence-corrected chi connectivity index (χ3v) is 5.85. The highest BCUT2D eigenvalue weighted by atomic mass is 32.2. The van der Waals surface area contributed by atoms with Crippen LogP contribution in [0.3, 0.4) is 0 Å². The first-order valence-corrected chi connectivity index (χ1v) is 11.0. The van der Waals surface area contributed by atoms with E-state index < -0.39 is 10.1 Å². The molecular weight excluding hydrogens is 396 g/mol. The van der Waals surface area contributed by atoms with Crippen molar-refractivity contribution in [3.8, 4) is 0 Å². The van der Waals surface area contributed by atoms with Crippen LogP contribution in [0, 0.1) is 13.8 Å². The first-order valence-electron chi connectivity index (χ1n) is 9.51. The Morgan fingerprint density at radius 3 is 1.77 bits per heavy atom. The highest BCUT2D eigenvalue weighted by molar-refractivity contribution is 7.86. The van der Waals surface area contributed by atoms with Crippen molar-refractivity contribution in [2.24, 2.45) is 0 Å². The van der Waals surface area contributed by atoms with E-state index in [2.05, 4.69) is 10.6 Å². The molecule has 4 aromatic rings. The molecule has 152 valence electrons. The average Bonchev–Trinajstić information content (AvgIpc) is 2.70. The van der Waals surface area contributed by atoms with Crippen molar-refractivity contribution in [3.63, 3.8) is 0 Å². The third kappa shape index (κ3) is 4.30. The van der Waals surface area contributed by atoms with Crippen LogP contribution in [0.15, 0.2) is 83.8 Å². The number of aryl methyl sites for hydroxylation is 2. The Morgan fingerprint density at radius 1 is 0.667 bits per heavy atom. The quantitative estimate of drug-likeness (QED) is 0.337. The lowest BCUT2D eigenvalue weighted by Gasteiger charge is -2.14. The monoisotopic (exact) mass is 418 g/mol. The van der Waals surface area contributed by atoms with Crippen LogP contribution in [0.25, 0.3) is 10.8 Å². The molecule has 4 rings (SSSR count). The SMILES string of the molecule is Cc1ccc(Nc2ccc3c(S(=O)(=O)O)c(Nc4ccc(C)cc4)ccc3c2)cc1. The maximum atomic E-state index is 12.2. The summed E-state index contributed by atoms with van der Waals surface area (Å²) in [6, 6.07) is 24.5. The normalized spacial score (nSPS) is 11.4. The molecule has 4 aromatic carbocycles. The van der Waals surface area contributed by atoms with Crippen molar-refractivity contribution in [1.29, 1.82) is 0 Å². The molecule has 0 spiro atoms. The van der Waals surface area contributed by atoms with Crippen LogP contribution < -0.4 is 10.6 Å². The van der Waals surface area contributed by atoms with Crippen LogP contribution in [0.4, 0.5) is 22.7 Å². The molecule has 0 aliphatic carbocycles. The highest BCUT2D eigenvalue weighted by Gasteiger charge is 2.20. The second-order valence-electron chi connectivity index (χ2n) is 7.34. The molecular formula is C24H22N2O3S. The molecule has 0 saturated carbocycles. The van der Waals surface area contributed by atoms with Crippen molar-refractivity contribution < 1.29 is 13.0 Å². The first kappa shape index (κ1) is 19.9. The van der Waals surface area contributed by atoms with Crippen LogP contribution in [-0.4, -0.2) is 13.0 Å². The molecule has 0 unspecified atom stereocenters. The number of anilines is 4. The van der Waals surface area contributed by atoms with Gasteiger partial charge in [-0.3, -0.25) is 4.55 Å². The smallest absolute Gasteiger partial charge is 0.297 e. The minimum atomic E-state index is -4.45. The Balaban J connectivity index is 1.75. The van der Waals surface area contributed by atoms with Crippen LogP contribution in [0.2, 0.25) is 0 Å². The number of benzene rings is 4. The fraction of sp³-hybridized carbons (Fsp3) is 0.0833. The summed E-state index contributed by atoms with van der Waals surface area (Å²) in [6.45, 7) is 4.00. The second kappa shape index (κ2) is 7.82. The van der Waals surface area contributed by atoms with Crippen LogP contribution in [-0.2, 0) is 10.1 Å². The summed E-state index contributed by atoms with van der Waals surface area (Å²) in [4.78, 5) is -0.137. The number of hydrogen-bond donors (Lipinski definition) is 3. The van der Waals surface area contributed by atoms with Crippen molar-refractivity contribution >= 4 is 43.6 Å². The van der Waals surface area contributed by atoms with Crippen LogP contribution >= 0.6 is 0 Å². The Morgan fingerprint density at radius 2 is 1.20 bits per heavy atom. The first-order chi connectivity index (χ1) is 14.3. The van der Waals surface area contributed by atoms with E-state index in [1.54, 1.807) is 18.2 Å².